The quantitative estimate of drug-likeness (QED) is 0.607. The minimum Gasteiger partial charge on any atom is -0.494 e. The lowest BCUT2D eigenvalue weighted by Crippen LogP contribution is -2.44. The van der Waals surface area contributed by atoms with Crippen LogP contribution in [-0.4, -0.2) is 61.6 Å². The smallest absolute Gasteiger partial charge is 0.258 e. The van der Waals surface area contributed by atoms with Crippen LogP contribution in [0.25, 0.3) is 0 Å². The maximum atomic E-state index is 12.9. The molecule has 2 aliphatic rings. The minimum atomic E-state index is -0.502. The molecule has 2 saturated heterocycles. The van der Waals surface area contributed by atoms with Crippen LogP contribution in [0.4, 0.5) is 4.39 Å². The lowest BCUT2D eigenvalue weighted by atomic mass is 9.90. The summed E-state index contributed by atoms with van der Waals surface area (Å²) >= 11 is 0. The zero-order valence-corrected chi connectivity index (χ0v) is 17.5. The summed E-state index contributed by atoms with van der Waals surface area (Å²) < 4.78 is 35.6. The summed E-state index contributed by atoms with van der Waals surface area (Å²) in [4.78, 5) is 7.12. The molecule has 30 heavy (non-hydrogen) atoms. The van der Waals surface area contributed by atoms with Crippen LogP contribution in [0.15, 0.2) is 28.8 Å². The topological polar surface area (TPSA) is 69.9 Å². The van der Waals surface area contributed by atoms with E-state index < -0.39 is 5.60 Å². The van der Waals surface area contributed by atoms with Gasteiger partial charge in [0.15, 0.2) is 5.82 Å². The Morgan fingerprint density at radius 2 is 1.90 bits per heavy atom. The minimum absolute atomic E-state index is 0.251. The molecule has 2 aliphatic heterocycles. The summed E-state index contributed by atoms with van der Waals surface area (Å²) in [6, 6.07) is 6.13. The second-order valence-electron chi connectivity index (χ2n) is 8.04. The van der Waals surface area contributed by atoms with Crippen LogP contribution in [0, 0.1) is 5.82 Å². The first-order chi connectivity index (χ1) is 14.7. The van der Waals surface area contributed by atoms with Crippen molar-refractivity contribution in [3.05, 3.63) is 41.8 Å². The van der Waals surface area contributed by atoms with Crippen LogP contribution in [-0.2, 0) is 15.1 Å². The first-order valence-electron chi connectivity index (χ1n) is 10.8. The van der Waals surface area contributed by atoms with Gasteiger partial charge in [-0.3, -0.25) is 0 Å². The van der Waals surface area contributed by atoms with E-state index in [4.69, 9.17) is 23.7 Å². The molecular formula is C22H30FN3O4. The summed E-state index contributed by atoms with van der Waals surface area (Å²) in [6.07, 6.45) is 4.42. The maximum absolute atomic E-state index is 12.9. The van der Waals surface area contributed by atoms with Gasteiger partial charge in [0.25, 0.3) is 5.89 Å². The van der Waals surface area contributed by atoms with Gasteiger partial charge in [-0.2, -0.15) is 4.98 Å². The van der Waals surface area contributed by atoms with Gasteiger partial charge in [0, 0.05) is 45.9 Å². The average molecular weight is 419 g/mol. The maximum Gasteiger partial charge on any atom is 0.258 e. The predicted molar refractivity (Wildman–Crippen MR) is 108 cm³/mol. The molecule has 0 unspecified atom stereocenters. The third-order valence-electron chi connectivity index (χ3n) is 6.17. The zero-order valence-electron chi connectivity index (χ0n) is 17.5. The van der Waals surface area contributed by atoms with Crippen molar-refractivity contribution in [3.63, 3.8) is 0 Å². The summed E-state index contributed by atoms with van der Waals surface area (Å²) in [5.74, 6) is 2.14. The number of rotatable bonds is 8. The Morgan fingerprint density at radius 3 is 2.60 bits per heavy atom. The largest absolute Gasteiger partial charge is 0.494 e. The van der Waals surface area contributed by atoms with Gasteiger partial charge in [0.05, 0.1) is 6.61 Å². The van der Waals surface area contributed by atoms with Crippen molar-refractivity contribution in [1.82, 2.24) is 15.0 Å². The van der Waals surface area contributed by atoms with Crippen LogP contribution >= 0.6 is 0 Å². The average Bonchev–Trinajstić information content (AvgIpc) is 3.30. The SMILES string of the molecule is COC1(c2nc(C3CCOCC3)no2)CCN(CCCOc2ccc(F)cc2)CC1. The number of piperidine rings is 1. The number of benzene rings is 1. The Morgan fingerprint density at radius 1 is 1.17 bits per heavy atom. The third-order valence-corrected chi connectivity index (χ3v) is 6.17. The van der Waals surface area contributed by atoms with E-state index in [9.17, 15) is 4.39 Å². The molecule has 0 radical (unpaired) electrons. The number of nitrogens with zero attached hydrogens (tertiary/aromatic N) is 3. The van der Waals surface area contributed by atoms with Crippen molar-refractivity contribution >= 4 is 0 Å². The molecule has 8 heteroatoms. The number of aromatic nitrogens is 2. The van der Waals surface area contributed by atoms with Crippen LogP contribution in [0.5, 0.6) is 5.75 Å². The van der Waals surface area contributed by atoms with Crippen molar-refractivity contribution in [3.8, 4) is 5.75 Å². The summed E-state index contributed by atoms with van der Waals surface area (Å²) in [5, 5.41) is 4.25. The highest BCUT2D eigenvalue weighted by Gasteiger charge is 2.41. The molecule has 0 atom stereocenters. The van der Waals surface area contributed by atoms with Gasteiger partial charge in [-0.05, 0) is 56.4 Å². The monoisotopic (exact) mass is 419 g/mol. The van der Waals surface area contributed by atoms with Crippen LogP contribution in [0.1, 0.15) is 49.7 Å². The number of ether oxygens (including phenoxy) is 3. The van der Waals surface area contributed by atoms with Gasteiger partial charge in [-0.1, -0.05) is 5.16 Å². The lowest BCUT2D eigenvalue weighted by Gasteiger charge is -2.38. The molecule has 0 bridgehead atoms. The summed E-state index contributed by atoms with van der Waals surface area (Å²) in [5.41, 5.74) is -0.502. The van der Waals surface area contributed by atoms with Gasteiger partial charge >= 0.3 is 0 Å². The molecule has 7 nitrogen and oxygen atoms in total. The molecule has 0 saturated carbocycles. The first kappa shape index (κ1) is 21.2. The van der Waals surface area contributed by atoms with E-state index in [1.54, 1.807) is 19.2 Å². The van der Waals surface area contributed by atoms with E-state index in [-0.39, 0.29) is 5.82 Å². The molecular weight excluding hydrogens is 389 g/mol. The first-order valence-corrected chi connectivity index (χ1v) is 10.8. The number of hydrogen-bond donors (Lipinski definition) is 0. The van der Waals surface area contributed by atoms with Crippen molar-refractivity contribution in [1.29, 1.82) is 0 Å². The number of hydrogen-bond acceptors (Lipinski definition) is 7. The molecule has 0 N–H and O–H groups in total. The van der Waals surface area contributed by atoms with Crippen molar-refractivity contribution in [2.45, 2.75) is 43.6 Å². The van der Waals surface area contributed by atoms with E-state index in [1.165, 1.54) is 12.1 Å². The third kappa shape index (κ3) is 4.99. The van der Waals surface area contributed by atoms with E-state index >= 15 is 0 Å². The fourth-order valence-corrected chi connectivity index (χ4v) is 4.19. The van der Waals surface area contributed by atoms with Crippen molar-refractivity contribution in [2.75, 3.05) is 46.6 Å². The number of likely N-dealkylation sites (tertiary alicyclic amines) is 1. The van der Waals surface area contributed by atoms with Crippen LogP contribution in [0.3, 0.4) is 0 Å². The molecule has 0 spiro atoms. The fraction of sp³-hybridized carbons (Fsp3) is 0.636. The van der Waals surface area contributed by atoms with Gasteiger partial charge < -0.3 is 23.6 Å². The van der Waals surface area contributed by atoms with E-state index in [2.05, 4.69) is 10.1 Å². The highest BCUT2D eigenvalue weighted by Crippen LogP contribution is 2.36. The van der Waals surface area contributed by atoms with Crippen molar-refractivity contribution in [2.24, 2.45) is 0 Å². The molecule has 1 aromatic heterocycles. The predicted octanol–water partition coefficient (Wildman–Crippen LogP) is 3.51. The Labute approximate surface area is 176 Å². The molecule has 3 heterocycles. The molecule has 4 rings (SSSR count). The second-order valence-corrected chi connectivity index (χ2v) is 8.04. The summed E-state index contributed by atoms with van der Waals surface area (Å²) in [7, 11) is 1.73. The lowest BCUT2D eigenvalue weighted by molar-refractivity contribution is -0.0829. The normalized spacial score (nSPS) is 20.3. The highest BCUT2D eigenvalue weighted by atomic mass is 19.1. The van der Waals surface area contributed by atoms with Gasteiger partial charge in [-0.15, -0.1) is 0 Å². The Hall–Kier alpha value is -2.03. The molecule has 1 aromatic carbocycles. The Balaban J connectivity index is 1.24. The molecule has 164 valence electrons. The van der Waals surface area contributed by atoms with Gasteiger partial charge in [-0.25, -0.2) is 4.39 Å². The van der Waals surface area contributed by atoms with E-state index in [0.29, 0.717) is 24.2 Å². The van der Waals surface area contributed by atoms with Gasteiger partial charge in [0.2, 0.25) is 0 Å². The van der Waals surface area contributed by atoms with Gasteiger partial charge in [0.1, 0.15) is 17.2 Å². The molecule has 2 fully saturated rings. The molecule has 0 aliphatic carbocycles. The van der Waals surface area contributed by atoms with E-state index in [1.807, 2.05) is 0 Å². The molecule has 2 aromatic rings. The zero-order chi connectivity index (χ0) is 20.8. The summed E-state index contributed by atoms with van der Waals surface area (Å²) in [6.45, 7) is 4.86. The number of methoxy groups -OCH3 is 1. The highest BCUT2D eigenvalue weighted by molar-refractivity contribution is 5.21. The second kappa shape index (κ2) is 9.85. The fourth-order valence-electron chi connectivity index (χ4n) is 4.19. The van der Waals surface area contributed by atoms with Crippen molar-refractivity contribution < 1.29 is 23.1 Å². The van der Waals surface area contributed by atoms with E-state index in [0.717, 1.165) is 70.8 Å². The Bertz CT molecular complexity index is 784. The molecule has 0 amide bonds. The standard InChI is InChI=1S/C22H30FN3O4/c1-27-22(21-24-20(25-30-21)17-7-15-28-16-8-17)9-12-26(13-10-22)11-2-14-29-19-5-3-18(23)4-6-19/h3-6,17H,2,7-16H2,1H3. The van der Waals surface area contributed by atoms with Crippen LogP contribution in [0.2, 0.25) is 0 Å². The van der Waals surface area contributed by atoms with Crippen LogP contribution < -0.4 is 4.74 Å². The number of halogens is 1. The Kier molecular flexibility index (Phi) is 6.97.